The predicted molar refractivity (Wildman–Crippen MR) is 63.5 cm³/mol. The number of halogens is 3. The van der Waals surface area contributed by atoms with Crippen LogP contribution in [0.4, 0.5) is 18.9 Å². The number of hydrogen-bond donors (Lipinski definition) is 1. The molecule has 2 aliphatic rings. The smallest absolute Gasteiger partial charge is 0.366 e. The molecule has 1 saturated heterocycles. The van der Waals surface area contributed by atoms with Crippen LogP contribution in [0.5, 0.6) is 0 Å². The molecule has 0 radical (unpaired) electrons. The number of anilines is 1. The van der Waals surface area contributed by atoms with Crippen molar-refractivity contribution in [3.05, 3.63) is 29.3 Å². The van der Waals surface area contributed by atoms with Gasteiger partial charge < -0.3 is 10.6 Å². The van der Waals surface area contributed by atoms with Crippen molar-refractivity contribution in [1.82, 2.24) is 0 Å². The van der Waals surface area contributed by atoms with Crippen molar-refractivity contribution < 1.29 is 13.2 Å². The molecule has 0 aliphatic carbocycles. The van der Waals surface area contributed by atoms with E-state index in [1.165, 1.54) is 12.1 Å². The van der Waals surface area contributed by atoms with Gasteiger partial charge in [0.1, 0.15) is 0 Å². The van der Waals surface area contributed by atoms with E-state index in [1.807, 2.05) is 0 Å². The van der Waals surface area contributed by atoms with Crippen LogP contribution in [0.3, 0.4) is 0 Å². The Kier molecular flexibility index (Phi) is 2.55. The Morgan fingerprint density at radius 2 is 2.06 bits per heavy atom. The predicted octanol–water partition coefficient (Wildman–Crippen LogP) is 2.56. The standard InChI is InChI=1S/C13H15F3N2/c14-13(15,16)9-4-3-8-6-12-10(17)2-1-5-18(12)11(8)7-9/h3-4,7,10,12H,1-2,5-6,17H2. The number of nitrogens with two attached hydrogens (primary N) is 1. The first-order valence-electron chi connectivity index (χ1n) is 6.19. The second-order valence-corrected chi connectivity index (χ2v) is 5.11. The van der Waals surface area contributed by atoms with Gasteiger partial charge in [0, 0.05) is 24.3 Å². The Balaban J connectivity index is 1.99. The first-order valence-corrected chi connectivity index (χ1v) is 6.19. The normalized spacial score (nSPS) is 27.0. The molecule has 2 heterocycles. The summed E-state index contributed by atoms with van der Waals surface area (Å²) in [4.78, 5) is 2.05. The molecule has 0 spiro atoms. The van der Waals surface area contributed by atoms with Gasteiger partial charge in [-0.05, 0) is 37.0 Å². The molecule has 0 aromatic heterocycles. The lowest BCUT2D eigenvalue weighted by atomic mass is 9.96. The molecular weight excluding hydrogens is 241 g/mol. The first-order chi connectivity index (χ1) is 8.47. The van der Waals surface area contributed by atoms with Gasteiger partial charge in [0.15, 0.2) is 0 Å². The largest absolute Gasteiger partial charge is 0.416 e. The summed E-state index contributed by atoms with van der Waals surface area (Å²) in [5.74, 6) is 0. The molecular formula is C13H15F3N2. The minimum atomic E-state index is -4.27. The van der Waals surface area contributed by atoms with Gasteiger partial charge in [0.25, 0.3) is 0 Å². The van der Waals surface area contributed by atoms with Gasteiger partial charge in [-0.2, -0.15) is 13.2 Å². The maximum absolute atomic E-state index is 12.7. The number of piperidine rings is 1. The number of benzene rings is 1. The number of fused-ring (bicyclic) bond motifs is 3. The van der Waals surface area contributed by atoms with E-state index in [1.54, 1.807) is 6.07 Å². The van der Waals surface area contributed by atoms with Crippen molar-refractivity contribution in [2.45, 2.75) is 37.5 Å². The fourth-order valence-electron chi connectivity index (χ4n) is 3.05. The summed E-state index contributed by atoms with van der Waals surface area (Å²) in [6.07, 6.45) is -1.59. The summed E-state index contributed by atoms with van der Waals surface area (Å²) < 4.78 is 38.1. The summed E-state index contributed by atoms with van der Waals surface area (Å²) in [6, 6.07) is 4.29. The third-order valence-corrected chi connectivity index (χ3v) is 3.98. The average molecular weight is 256 g/mol. The van der Waals surface area contributed by atoms with Gasteiger partial charge in [-0.3, -0.25) is 0 Å². The van der Waals surface area contributed by atoms with E-state index in [9.17, 15) is 13.2 Å². The zero-order chi connectivity index (χ0) is 12.9. The van der Waals surface area contributed by atoms with Gasteiger partial charge in [-0.25, -0.2) is 0 Å². The SMILES string of the molecule is NC1CCCN2c3cc(C(F)(F)F)ccc3CC12. The summed E-state index contributed by atoms with van der Waals surface area (Å²) in [5, 5.41) is 0. The van der Waals surface area contributed by atoms with Crippen molar-refractivity contribution in [2.75, 3.05) is 11.4 Å². The van der Waals surface area contributed by atoms with Crippen molar-refractivity contribution in [3.63, 3.8) is 0 Å². The fraction of sp³-hybridized carbons (Fsp3) is 0.538. The molecule has 2 unspecified atom stereocenters. The molecule has 98 valence electrons. The molecule has 2 N–H and O–H groups in total. The summed E-state index contributed by atoms with van der Waals surface area (Å²) in [5.41, 5.74) is 7.21. The van der Waals surface area contributed by atoms with Crippen molar-refractivity contribution in [3.8, 4) is 0 Å². The van der Waals surface area contributed by atoms with Gasteiger partial charge in [0.05, 0.1) is 5.56 Å². The fourth-order valence-corrected chi connectivity index (χ4v) is 3.05. The Morgan fingerprint density at radius 3 is 2.78 bits per heavy atom. The first kappa shape index (κ1) is 11.8. The van der Waals surface area contributed by atoms with Crippen LogP contribution in [-0.2, 0) is 12.6 Å². The summed E-state index contributed by atoms with van der Waals surface area (Å²) in [7, 11) is 0. The maximum atomic E-state index is 12.7. The topological polar surface area (TPSA) is 29.3 Å². The Labute approximate surface area is 104 Å². The number of nitrogens with zero attached hydrogens (tertiary/aromatic N) is 1. The zero-order valence-corrected chi connectivity index (χ0v) is 9.87. The molecule has 2 atom stereocenters. The lowest BCUT2D eigenvalue weighted by Crippen LogP contribution is -2.50. The molecule has 2 aliphatic heterocycles. The highest BCUT2D eigenvalue weighted by molar-refractivity contribution is 5.62. The van der Waals surface area contributed by atoms with Crippen LogP contribution in [0.2, 0.25) is 0 Å². The second-order valence-electron chi connectivity index (χ2n) is 5.11. The number of hydrogen-bond acceptors (Lipinski definition) is 2. The van der Waals surface area contributed by atoms with Crippen molar-refractivity contribution in [1.29, 1.82) is 0 Å². The van der Waals surface area contributed by atoms with Gasteiger partial charge in [-0.1, -0.05) is 6.07 Å². The molecule has 1 aromatic carbocycles. The monoisotopic (exact) mass is 256 g/mol. The number of alkyl halides is 3. The third kappa shape index (κ3) is 1.77. The van der Waals surface area contributed by atoms with Gasteiger partial charge in [-0.15, -0.1) is 0 Å². The summed E-state index contributed by atoms with van der Waals surface area (Å²) in [6.45, 7) is 0.812. The average Bonchev–Trinajstić information content (AvgIpc) is 2.67. The Morgan fingerprint density at radius 1 is 1.28 bits per heavy atom. The summed E-state index contributed by atoms with van der Waals surface area (Å²) >= 11 is 0. The van der Waals surface area contributed by atoms with Crippen LogP contribution in [0.15, 0.2) is 18.2 Å². The minimum Gasteiger partial charge on any atom is -0.366 e. The van der Waals surface area contributed by atoms with Gasteiger partial charge >= 0.3 is 6.18 Å². The highest BCUT2D eigenvalue weighted by Gasteiger charge is 2.38. The Bertz CT molecular complexity index is 470. The second kappa shape index (κ2) is 3.88. The Hall–Kier alpha value is -1.23. The molecule has 5 heteroatoms. The molecule has 0 bridgehead atoms. The van der Waals surface area contributed by atoms with Crippen LogP contribution in [0.25, 0.3) is 0 Å². The van der Waals surface area contributed by atoms with E-state index in [2.05, 4.69) is 4.90 Å². The zero-order valence-electron chi connectivity index (χ0n) is 9.87. The molecule has 1 fully saturated rings. The van der Waals surface area contributed by atoms with Crippen LogP contribution >= 0.6 is 0 Å². The molecule has 3 rings (SSSR count). The van der Waals surface area contributed by atoms with E-state index in [0.717, 1.165) is 37.1 Å². The van der Waals surface area contributed by atoms with E-state index < -0.39 is 11.7 Å². The van der Waals surface area contributed by atoms with Crippen LogP contribution in [-0.4, -0.2) is 18.6 Å². The van der Waals surface area contributed by atoms with Crippen LogP contribution in [0.1, 0.15) is 24.0 Å². The maximum Gasteiger partial charge on any atom is 0.416 e. The van der Waals surface area contributed by atoms with Crippen molar-refractivity contribution >= 4 is 5.69 Å². The highest BCUT2D eigenvalue weighted by atomic mass is 19.4. The van der Waals surface area contributed by atoms with E-state index in [0.29, 0.717) is 0 Å². The molecule has 2 nitrogen and oxygen atoms in total. The van der Waals surface area contributed by atoms with Crippen molar-refractivity contribution in [2.24, 2.45) is 5.73 Å². The molecule has 1 aromatic rings. The van der Waals surface area contributed by atoms with Crippen LogP contribution < -0.4 is 10.6 Å². The molecule has 0 amide bonds. The van der Waals surface area contributed by atoms with Crippen LogP contribution in [0, 0.1) is 0 Å². The lowest BCUT2D eigenvalue weighted by molar-refractivity contribution is -0.137. The minimum absolute atomic E-state index is 0.0699. The van der Waals surface area contributed by atoms with Gasteiger partial charge in [0.2, 0.25) is 0 Å². The van der Waals surface area contributed by atoms with E-state index in [-0.39, 0.29) is 12.1 Å². The molecule has 0 saturated carbocycles. The molecule has 18 heavy (non-hydrogen) atoms. The highest BCUT2D eigenvalue weighted by Crippen LogP contribution is 2.40. The number of rotatable bonds is 0. The quantitative estimate of drug-likeness (QED) is 0.773. The lowest BCUT2D eigenvalue weighted by Gasteiger charge is -2.36. The van der Waals surface area contributed by atoms with E-state index in [4.69, 9.17) is 5.73 Å². The third-order valence-electron chi connectivity index (χ3n) is 3.98. The van der Waals surface area contributed by atoms with E-state index >= 15 is 0 Å².